The van der Waals surface area contributed by atoms with Gasteiger partial charge in [0.15, 0.2) is 17.8 Å². The summed E-state index contributed by atoms with van der Waals surface area (Å²) < 4.78 is 69.0. The molecule has 0 spiro atoms. The molecule has 4 heterocycles. The molecule has 0 amide bonds. The number of alkyl halides is 3. The average Bonchev–Trinajstić information content (AvgIpc) is 3.27. The highest BCUT2D eigenvalue weighted by Crippen LogP contribution is 2.47. The smallest absolute Gasteiger partial charge is 0.434 e. The lowest BCUT2D eigenvalue weighted by Crippen LogP contribution is -2.63. The number of rotatable bonds is 9. The third-order valence-electron chi connectivity index (χ3n) is 5.65. The Labute approximate surface area is 187 Å². The van der Waals surface area contributed by atoms with Crippen LogP contribution >= 0.6 is 0 Å². The summed E-state index contributed by atoms with van der Waals surface area (Å²) in [5.74, 6) is -1.91. The van der Waals surface area contributed by atoms with E-state index in [9.17, 15) is 18.0 Å². The van der Waals surface area contributed by atoms with Gasteiger partial charge >= 0.3 is 12.1 Å². The second-order valence-corrected chi connectivity index (χ2v) is 8.74. The number of anilines is 1. The molecule has 13 heteroatoms. The van der Waals surface area contributed by atoms with Crippen LogP contribution in [-0.2, 0) is 34.7 Å². The molecule has 1 aromatic rings. The molecule has 3 saturated heterocycles. The van der Waals surface area contributed by atoms with Crippen LogP contribution < -0.4 is 5.32 Å². The average molecular weight is 477 g/mol. The van der Waals surface area contributed by atoms with Crippen molar-refractivity contribution in [2.24, 2.45) is 0 Å². The number of unbranched alkanes of at least 4 members (excludes halogenated alkanes) is 1. The Hall–Kier alpha value is -2.06. The van der Waals surface area contributed by atoms with Crippen LogP contribution in [0.1, 0.15) is 38.8 Å². The van der Waals surface area contributed by atoms with Gasteiger partial charge in [0, 0.05) is 13.0 Å². The summed E-state index contributed by atoms with van der Waals surface area (Å²) in [6, 6.07) is -0.708. The van der Waals surface area contributed by atoms with E-state index in [1.165, 1.54) is 6.20 Å². The van der Waals surface area contributed by atoms with Crippen molar-refractivity contribution in [1.82, 2.24) is 9.97 Å². The molecule has 0 saturated carbocycles. The molecule has 0 aromatic carbocycles. The third kappa shape index (κ3) is 5.22. The van der Waals surface area contributed by atoms with Crippen molar-refractivity contribution >= 4 is 11.8 Å². The summed E-state index contributed by atoms with van der Waals surface area (Å²) in [5.41, 5.74) is -2.09. The molecular formula is C20H26F3N3O7. The number of nitrogens with zero attached hydrogens (tertiary/aromatic N) is 2. The first-order valence-corrected chi connectivity index (χ1v) is 10.6. The molecule has 2 N–H and O–H groups in total. The van der Waals surface area contributed by atoms with Crippen molar-refractivity contribution in [3.63, 3.8) is 0 Å². The molecule has 0 unspecified atom stereocenters. The van der Waals surface area contributed by atoms with Gasteiger partial charge in [0.2, 0.25) is 0 Å². The summed E-state index contributed by atoms with van der Waals surface area (Å²) in [6.07, 6.45) is -3.75. The fourth-order valence-corrected chi connectivity index (χ4v) is 4.24. The minimum absolute atomic E-state index is 0.0673. The van der Waals surface area contributed by atoms with Crippen molar-refractivity contribution in [3.05, 3.63) is 18.1 Å². The second kappa shape index (κ2) is 8.95. The third-order valence-corrected chi connectivity index (χ3v) is 5.65. The maximum absolute atomic E-state index is 13.0. The number of carbonyl (C=O) groups is 1. The van der Waals surface area contributed by atoms with Gasteiger partial charge in [0.05, 0.1) is 25.6 Å². The Morgan fingerprint density at radius 1 is 1.27 bits per heavy atom. The zero-order valence-corrected chi connectivity index (χ0v) is 18.1. The summed E-state index contributed by atoms with van der Waals surface area (Å²) in [6.45, 7) is 4.09. The minimum atomic E-state index is -4.63. The SMILES string of the molecule is CC1(C)O[C@@H]2[C@@H](Nc3cncc(C(F)(F)F)n3)[C@H]3OC[C@](COCCCCC(=O)O)(O3)[C@@H]2O1. The molecule has 3 fully saturated rings. The number of halogens is 3. The molecule has 3 aliphatic rings. The predicted molar refractivity (Wildman–Crippen MR) is 104 cm³/mol. The molecule has 4 rings (SSSR count). The molecule has 2 bridgehead atoms. The quantitative estimate of drug-likeness (QED) is 0.512. The molecule has 5 atom stereocenters. The Balaban J connectivity index is 1.46. The van der Waals surface area contributed by atoms with Crippen molar-refractivity contribution in [2.75, 3.05) is 25.1 Å². The van der Waals surface area contributed by atoms with E-state index in [0.717, 1.165) is 0 Å². The van der Waals surface area contributed by atoms with Gasteiger partial charge in [-0.3, -0.25) is 9.78 Å². The van der Waals surface area contributed by atoms with Gasteiger partial charge in [-0.15, -0.1) is 0 Å². The van der Waals surface area contributed by atoms with E-state index in [2.05, 4.69) is 15.3 Å². The van der Waals surface area contributed by atoms with Gasteiger partial charge < -0.3 is 34.1 Å². The summed E-state index contributed by atoms with van der Waals surface area (Å²) in [4.78, 5) is 17.9. The fourth-order valence-electron chi connectivity index (χ4n) is 4.24. The number of nitrogens with one attached hydrogen (secondary N) is 1. The number of carboxylic acids is 1. The van der Waals surface area contributed by atoms with Crippen LogP contribution in [0.25, 0.3) is 0 Å². The van der Waals surface area contributed by atoms with Crippen molar-refractivity contribution in [1.29, 1.82) is 0 Å². The summed E-state index contributed by atoms with van der Waals surface area (Å²) in [7, 11) is 0. The van der Waals surface area contributed by atoms with Gasteiger partial charge in [-0.1, -0.05) is 0 Å². The van der Waals surface area contributed by atoms with E-state index in [1.807, 2.05) is 0 Å². The molecule has 33 heavy (non-hydrogen) atoms. The summed E-state index contributed by atoms with van der Waals surface area (Å²) in [5, 5.41) is 11.6. The number of aromatic nitrogens is 2. The Bertz CT molecular complexity index is 872. The maximum atomic E-state index is 13.0. The van der Waals surface area contributed by atoms with Crippen molar-refractivity contribution in [3.8, 4) is 0 Å². The van der Waals surface area contributed by atoms with Crippen LogP contribution in [0.5, 0.6) is 0 Å². The van der Waals surface area contributed by atoms with Crippen LogP contribution in [0.2, 0.25) is 0 Å². The van der Waals surface area contributed by atoms with Crippen LogP contribution in [0.3, 0.4) is 0 Å². The van der Waals surface area contributed by atoms with Crippen molar-refractivity contribution < 1.29 is 46.8 Å². The lowest BCUT2D eigenvalue weighted by molar-refractivity contribution is -0.207. The number of ether oxygens (including phenoxy) is 5. The normalized spacial score (nSPS) is 32.5. The first-order chi connectivity index (χ1) is 15.5. The Morgan fingerprint density at radius 2 is 2.06 bits per heavy atom. The van der Waals surface area contributed by atoms with E-state index in [0.29, 0.717) is 25.6 Å². The Kier molecular flexibility index (Phi) is 6.53. The van der Waals surface area contributed by atoms with Gasteiger partial charge in [0.1, 0.15) is 29.7 Å². The van der Waals surface area contributed by atoms with Gasteiger partial charge in [0.25, 0.3) is 0 Å². The number of carboxylic acid groups (broad SMARTS) is 1. The largest absolute Gasteiger partial charge is 0.481 e. The van der Waals surface area contributed by atoms with E-state index < -0.39 is 53.8 Å². The molecule has 10 nitrogen and oxygen atoms in total. The minimum Gasteiger partial charge on any atom is -0.481 e. The molecule has 1 aromatic heterocycles. The lowest BCUT2D eigenvalue weighted by Gasteiger charge is -2.42. The van der Waals surface area contributed by atoms with Crippen LogP contribution in [0.15, 0.2) is 12.4 Å². The second-order valence-electron chi connectivity index (χ2n) is 8.74. The van der Waals surface area contributed by atoms with Gasteiger partial charge in [-0.05, 0) is 26.7 Å². The molecule has 3 aliphatic heterocycles. The van der Waals surface area contributed by atoms with Crippen LogP contribution in [0.4, 0.5) is 19.0 Å². The van der Waals surface area contributed by atoms with E-state index in [4.69, 9.17) is 28.8 Å². The molecule has 184 valence electrons. The standard InChI is InChI=1S/C20H26F3N3O7/c1-18(2)31-15-14(26-12-8-24-7-11(25-12)20(21,22)23)17-30-10-19(33-17,16(15)32-18)9-29-6-4-3-5-13(27)28/h7-8,14-17H,3-6,9-10H2,1-2H3,(H,25,26)(H,27,28)/t14-,15-,16-,17+,19+/m1/s1. The molecule has 0 radical (unpaired) electrons. The topological polar surface area (TPSA) is 121 Å². The number of hydrogen-bond donors (Lipinski definition) is 2. The fraction of sp³-hybridized carbons (Fsp3) is 0.750. The predicted octanol–water partition coefficient (Wildman–Crippen LogP) is 2.19. The number of aliphatic carboxylic acids is 1. The van der Waals surface area contributed by atoms with Crippen molar-refractivity contribution in [2.45, 2.75) is 75.2 Å². The van der Waals surface area contributed by atoms with Gasteiger partial charge in [-0.2, -0.15) is 13.2 Å². The van der Waals surface area contributed by atoms with Crippen LogP contribution in [-0.4, -0.2) is 76.8 Å². The lowest BCUT2D eigenvalue weighted by atomic mass is 9.88. The summed E-state index contributed by atoms with van der Waals surface area (Å²) >= 11 is 0. The van der Waals surface area contributed by atoms with E-state index in [1.54, 1.807) is 13.8 Å². The maximum Gasteiger partial charge on any atom is 0.434 e. The molecule has 0 aliphatic carbocycles. The van der Waals surface area contributed by atoms with E-state index >= 15 is 0 Å². The highest BCUT2D eigenvalue weighted by Gasteiger charge is 2.66. The molecular weight excluding hydrogens is 451 g/mol. The van der Waals surface area contributed by atoms with Crippen LogP contribution in [0, 0.1) is 0 Å². The zero-order valence-electron chi connectivity index (χ0n) is 18.1. The Morgan fingerprint density at radius 3 is 2.79 bits per heavy atom. The van der Waals surface area contributed by atoms with Gasteiger partial charge in [-0.25, -0.2) is 4.98 Å². The highest BCUT2D eigenvalue weighted by atomic mass is 19.4. The number of fused-ring (bicyclic) bond motifs is 4. The first-order valence-electron chi connectivity index (χ1n) is 10.6. The van der Waals surface area contributed by atoms with E-state index in [-0.39, 0.29) is 25.5 Å². The highest BCUT2D eigenvalue weighted by molar-refractivity contribution is 5.66. The first kappa shape index (κ1) is 24.1. The zero-order chi connectivity index (χ0) is 23.9. The monoisotopic (exact) mass is 477 g/mol. The number of hydrogen-bond acceptors (Lipinski definition) is 9.